The van der Waals surface area contributed by atoms with E-state index in [1.807, 2.05) is 30.3 Å². The molecule has 0 spiro atoms. The van der Waals surface area contributed by atoms with Crippen LogP contribution in [0.1, 0.15) is 34.6 Å². The molecule has 1 atom stereocenters. The third kappa shape index (κ3) is 4.98. The van der Waals surface area contributed by atoms with E-state index >= 15 is 0 Å². The van der Waals surface area contributed by atoms with Gasteiger partial charge >= 0.3 is 5.97 Å². The highest BCUT2D eigenvalue weighted by Gasteiger charge is 2.32. The maximum absolute atomic E-state index is 13.1. The average Bonchev–Trinajstić information content (AvgIpc) is 3.14. The summed E-state index contributed by atoms with van der Waals surface area (Å²) in [5.74, 6) is -0.913. The van der Waals surface area contributed by atoms with E-state index in [2.05, 4.69) is 9.71 Å². The van der Waals surface area contributed by atoms with Crippen LogP contribution in [0.5, 0.6) is 0 Å². The van der Waals surface area contributed by atoms with Crippen molar-refractivity contribution in [3.8, 4) is 11.1 Å². The van der Waals surface area contributed by atoms with Gasteiger partial charge in [0.05, 0.1) is 4.90 Å². The monoisotopic (exact) mass is 480 g/mol. The first-order valence-corrected chi connectivity index (χ1v) is 12.5. The number of aromatic nitrogens is 1. The predicted octanol–water partition coefficient (Wildman–Crippen LogP) is 5.29. The summed E-state index contributed by atoms with van der Waals surface area (Å²) in [7, 11) is -4.00. The Balaban J connectivity index is 1.68. The Morgan fingerprint density at radius 2 is 1.76 bits per heavy atom. The molecule has 2 aromatic carbocycles. The van der Waals surface area contributed by atoms with Gasteiger partial charge in [-0.15, -0.1) is 0 Å². The number of benzene rings is 2. The fourth-order valence-corrected chi connectivity index (χ4v) is 5.04. The summed E-state index contributed by atoms with van der Waals surface area (Å²) >= 11 is 0. The molecule has 7 nitrogen and oxygen atoms in total. The molecule has 178 valence electrons. The van der Waals surface area contributed by atoms with E-state index in [1.165, 1.54) is 12.1 Å². The standard InChI is InChI=1S/C26H28N2O5S/c1-16(2)24(25(29)33-26(3,4)5)28-34(30,31)19-9-10-20-21-13-17(18-7-6-12-27-15-18)8-11-22(21)32-23(20)14-19/h6-16,24,28H,1-5H3. The molecule has 1 unspecified atom stereocenters. The van der Waals surface area contributed by atoms with Crippen molar-refractivity contribution in [3.05, 3.63) is 60.9 Å². The highest BCUT2D eigenvalue weighted by atomic mass is 32.2. The van der Waals surface area contributed by atoms with Crippen molar-refractivity contribution < 1.29 is 22.4 Å². The van der Waals surface area contributed by atoms with Crippen LogP contribution < -0.4 is 4.72 Å². The maximum atomic E-state index is 13.1. The van der Waals surface area contributed by atoms with Crippen molar-refractivity contribution in [3.63, 3.8) is 0 Å². The number of hydrogen-bond acceptors (Lipinski definition) is 6. The zero-order chi connectivity index (χ0) is 24.7. The lowest BCUT2D eigenvalue weighted by Crippen LogP contribution is -2.47. The number of ether oxygens (including phenoxy) is 1. The lowest BCUT2D eigenvalue weighted by Gasteiger charge is -2.26. The molecule has 0 radical (unpaired) electrons. The van der Waals surface area contributed by atoms with Crippen molar-refractivity contribution in [2.75, 3.05) is 0 Å². The quantitative estimate of drug-likeness (QED) is 0.376. The van der Waals surface area contributed by atoms with Gasteiger partial charge in [0.25, 0.3) is 0 Å². The molecule has 1 N–H and O–H groups in total. The SMILES string of the molecule is CC(C)C(NS(=O)(=O)c1ccc2c(c1)oc1ccc(-c3cccnc3)cc12)C(=O)OC(C)(C)C. The summed E-state index contributed by atoms with van der Waals surface area (Å²) in [6, 6.07) is 13.4. The summed E-state index contributed by atoms with van der Waals surface area (Å²) in [5, 5.41) is 1.68. The fraction of sp³-hybridized carbons (Fsp3) is 0.308. The molecule has 0 bridgehead atoms. The molecule has 4 rings (SSSR count). The zero-order valence-electron chi connectivity index (χ0n) is 19.8. The van der Waals surface area contributed by atoms with Crippen molar-refractivity contribution in [2.24, 2.45) is 5.92 Å². The Hall–Kier alpha value is -3.23. The van der Waals surface area contributed by atoms with Crippen molar-refractivity contribution >= 4 is 37.9 Å². The lowest BCUT2D eigenvalue weighted by molar-refractivity contribution is -0.158. The second kappa shape index (κ2) is 8.85. The number of carbonyl (C=O) groups is 1. The van der Waals surface area contributed by atoms with E-state index in [-0.39, 0.29) is 10.8 Å². The summed E-state index contributed by atoms with van der Waals surface area (Å²) in [5.41, 5.74) is 2.33. The second-order valence-electron chi connectivity index (χ2n) is 9.59. The topological polar surface area (TPSA) is 98.5 Å². The minimum atomic E-state index is -4.00. The Kier molecular flexibility index (Phi) is 6.22. The normalized spacial score (nSPS) is 13.5. The van der Waals surface area contributed by atoms with Crippen LogP contribution in [-0.4, -0.2) is 31.0 Å². The van der Waals surface area contributed by atoms with E-state index in [1.54, 1.807) is 53.1 Å². The van der Waals surface area contributed by atoms with Gasteiger partial charge in [-0.3, -0.25) is 9.78 Å². The van der Waals surface area contributed by atoms with Gasteiger partial charge in [-0.05, 0) is 62.6 Å². The van der Waals surface area contributed by atoms with Gasteiger partial charge in [-0.1, -0.05) is 26.0 Å². The Morgan fingerprint density at radius 3 is 2.41 bits per heavy atom. The van der Waals surface area contributed by atoms with Gasteiger partial charge in [0, 0.05) is 34.8 Å². The molecular weight excluding hydrogens is 452 g/mol. The van der Waals surface area contributed by atoms with E-state index in [9.17, 15) is 13.2 Å². The van der Waals surface area contributed by atoms with E-state index in [4.69, 9.17) is 9.15 Å². The molecule has 34 heavy (non-hydrogen) atoms. The van der Waals surface area contributed by atoms with Crippen molar-refractivity contribution in [2.45, 2.75) is 51.2 Å². The molecular formula is C26H28N2O5S. The fourth-order valence-electron chi connectivity index (χ4n) is 3.69. The predicted molar refractivity (Wildman–Crippen MR) is 132 cm³/mol. The lowest BCUT2D eigenvalue weighted by atomic mass is 10.0. The van der Waals surface area contributed by atoms with Gasteiger partial charge in [0.15, 0.2) is 0 Å². The van der Waals surface area contributed by atoms with Crippen LogP contribution >= 0.6 is 0 Å². The van der Waals surface area contributed by atoms with Gasteiger partial charge in [0.1, 0.15) is 22.8 Å². The molecule has 2 heterocycles. The number of nitrogens with zero attached hydrogens (tertiary/aromatic N) is 1. The van der Waals surface area contributed by atoms with Gasteiger partial charge in [0.2, 0.25) is 10.0 Å². The highest BCUT2D eigenvalue weighted by molar-refractivity contribution is 7.89. The Labute approximate surface area is 199 Å². The molecule has 0 aliphatic heterocycles. The minimum Gasteiger partial charge on any atom is -0.459 e. The molecule has 2 aromatic heterocycles. The van der Waals surface area contributed by atoms with Crippen LogP contribution in [0.25, 0.3) is 33.1 Å². The molecule has 0 saturated heterocycles. The van der Waals surface area contributed by atoms with Crippen LogP contribution in [0.4, 0.5) is 0 Å². The first kappa shape index (κ1) is 23.9. The van der Waals surface area contributed by atoms with Crippen LogP contribution in [-0.2, 0) is 19.6 Å². The molecule has 0 amide bonds. The van der Waals surface area contributed by atoms with Crippen LogP contribution in [0.3, 0.4) is 0 Å². The van der Waals surface area contributed by atoms with Gasteiger partial charge in [-0.2, -0.15) is 4.72 Å². The average molecular weight is 481 g/mol. The number of esters is 1. The summed E-state index contributed by atoms with van der Waals surface area (Å²) in [6.45, 7) is 8.75. The van der Waals surface area contributed by atoms with E-state index < -0.39 is 27.6 Å². The van der Waals surface area contributed by atoms with Crippen molar-refractivity contribution in [1.29, 1.82) is 0 Å². The maximum Gasteiger partial charge on any atom is 0.324 e. The molecule has 8 heteroatoms. The number of fused-ring (bicyclic) bond motifs is 3. The minimum absolute atomic E-state index is 0.0146. The van der Waals surface area contributed by atoms with Gasteiger partial charge < -0.3 is 9.15 Å². The Bertz CT molecular complexity index is 1450. The first-order valence-electron chi connectivity index (χ1n) is 11.1. The Morgan fingerprint density at radius 1 is 1.00 bits per heavy atom. The van der Waals surface area contributed by atoms with Crippen LogP contribution in [0, 0.1) is 5.92 Å². The number of hydrogen-bond donors (Lipinski definition) is 1. The summed E-state index contributed by atoms with van der Waals surface area (Å²) < 4.78 is 40.2. The summed E-state index contributed by atoms with van der Waals surface area (Å²) in [4.78, 5) is 16.8. The zero-order valence-corrected chi connectivity index (χ0v) is 20.6. The molecule has 0 fully saturated rings. The molecule has 0 aliphatic rings. The molecule has 4 aromatic rings. The molecule has 0 aliphatic carbocycles. The third-order valence-electron chi connectivity index (χ3n) is 5.36. The van der Waals surface area contributed by atoms with Crippen LogP contribution in [0.2, 0.25) is 0 Å². The van der Waals surface area contributed by atoms with Crippen molar-refractivity contribution in [1.82, 2.24) is 9.71 Å². The number of nitrogens with one attached hydrogen (secondary N) is 1. The summed E-state index contributed by atoms with van der Waals surface area (Å²) in [6.07, 6.45) is 3.51. The first-order chi connectivity index (χ1) is 15.9. The second-order valence-corrected chi connectivity index (χ2v) is 11.3. The number of sulfonamides is 1. The highest BCUT2D eigenvalue weighted by Crippen LogP contribution is 2.33. The van der Waals surface area contributed by atoms with E-state index in [0.29, 0.717) is 11.2 Å². The number of carbonyl (C=O) groups excluding carboxylic acids is 1. The number of furan rings is 1. The van der Waals surface area contributed by atoms with Crippen LogP contribution in [0.15, 0.2) is 70.2 Å². The largest absolute Gasteiger partial charge is 0.459 e. The van der Waals surface area contributed by atoms with Gasteiger partial charge in [-0.25, -0.2) is 8.42 Å². The smallest absolute Gasteiger partial charge is 0.324 e. The molecule has 0 saturated carbocycles. The number of rotatable bonds is 6. The van der Waals surface area contributed by atoms with E-state index in [0.717, 1.165) is 21.9 Å². The third-order valence-corrected chi connectivity index (χ3v) is 6.80. The number of pyridine rings is 1.